The van der Waals surface area contributed by atoms with Gasteiger partial charge >= 0.3 is 0 Å². The highest BCUT2D eigenvalue weighted by Gasteiger charge is 2.39. The molecule has 124 valence electrons. The zero-order valence-corrected chi connectivity index (χ0v) is 14.7. The third-order valence-electron chi connectivity index (χ3n) is 4.70. The minimum atomic E-state index is -0.683. The molecule has 1 aliphatic carbocycles. The van der Waals surface area contributed by atoms with Crippen LogP contribution in [-0.2, 0) is 9.59 Å². The van der Waals surface area contributed by atoms with Gasteiger partial charge in [-0.05, 0) is 57.4 Å². The van der Waals surface area contributed by atoms with Crippen LogP contribution in [0, 0.1) is 34.6 Å². The smallest absolute Gasteiger partial charge is 0.174 e. The van der Waals surface area contributed by atoms with Crippen molar-refractivity contribution in [2.24, 2.45) is 0 Å². The van der Waals surface area contributed by atoms with E-state index in [1.54, 1.807) is 13.0 Å². The van der Waals surface area contributed by atoms with Crippen molar-refractivity contribution in [1.29, 1.82) is 0 Å². The van der Waals surface area contributed by atoms with E-state index in [9.17, 15) is 9.59 Å². The summed E-state index contributed by atoms with van der Waals surface area (Å²) < 4.78 is 5.14. The standard InChI is InChI=1S/C20H21NO3/c1-10-6-11(2)18(12(3)7-10)19-17(22)9-15(20(19)23)8-16-13(4)21-24-14(16)5/h6-8,19H,9H2,1-5H3. The molecule has 2 aromatic rings. The van der Waals surface area contributed by atoms with Crippen LogP contribution in [0.2, 0.25) is 0 Å². The summed E-state index contributed by atoms with van der Waals surface area (Å²) in [5, 5.41) is 3.90. The van der Waals surface area contributed by atoms with E-state index in [1.807, 2.05) is 39.8 Å². The van der Waals surface area contributed by atoms with E-state index < -0.39 is 5.92 Å². The number of hydrogen-bond donors (Lipinski definition) is 0. The summed E-state index contributed by atoms with van der Waals surface area (Å²) in [5.74, 6) is -0.160. The molecule has 0 saturated heterocycles. The Bertz CT molecular complexity index is 844. The van der Waals surface area contributed by atoms with Crippen molar-refractivity contribution in [3.63, 3.8) is 0 Å². The molecule has 4 nitrogen and oxygen atoms in total. The van der Waals surface area contributed by atoms with Crippen molar-refractivity contribution in [3.05, 3.63) is 57.0 Å². The maximum Gasteiger partial charge on any atom is 0.174 e. The highest BCUT2D eigenvalue weighted by molar-refractivity contribution is 6.24. The molecular weight excluding hydrogens is 302 g/mol. The second kappa shape index (κ2) is 5.86. The fraction of sp³-hybridized carbons (Fsp3) is 0.350. The van der Waals surface area contributed by atoms with Crippen molar-refractivity contribution in [3.8, 4) is 0 Å². The van der Waals surface area contributed by atoms with Crippen molar-refractivity contribution in [2.45, 2.75) is 47.0 Å². The Morgan fingerprint density at radius 1 is 1.08 bits per heavy atom. The van der Waals surface area contributed by atoms with Crippen molar-refractivity contribution >= 4 is 17.6 Å². The lowest BCUT2D eigenvalue weighted by Crippen LogP contribution is -2.15. The second-order valence-electron chi connectivity index (χ2n) is 6.66. The molecular formula is C20H21NO3. The van der Waals surface area contributed by atoms with E-state index >= 15 is 0 Å². The van der Waals surface area contributed by atoms with Crippen molar-refractivity contribution < 1.29 is 14.1 Å². The van der Waals surface area contributed by atoms with Crippen LogP contribution in [0.1, 0.15) is 51.6 Å². The van der Waals surface area contributed by atoms with E-state index in [4.69, 9.17) is 4.52 Å². The summed E-state index contributed by atoms with van der Waals surface area (Å²) in [6, 6.07) is 4.05. The van der Waals surface area contributed by atoms with Gasteiger partial charge in [-0.2, -0.15) is 0 Å². The third-order valence-corrected chi connectivity index (χ3v) is 4.70. The first-order chi connectivity index (χ1) is 11.3. The Kier molecular flexibility index (Phi) is 3.99. The van der Waals surface area contributed by atoms with Crippen LogP contribution in [0.5, 0.6) is 0 Å². The maximum absolute atomic E-state index is 12.9. The van der Waals surface area contributed by atoms with Crippen LogP contribution < -0.4 is 0 Å². The van der Waals surface area contributed by atoms with Gasteiger partial charge in [0.25, 0.3) is 0 Å². The van der Waals surface area contributed by atoms with Crippen LogP contribution >= 0.6 is 0 Å². The molecule has 4 heteroatoms. The number of Topliss-reactive ketones (excluding diaryl/α,β-unsaturated/α-hetero) is 2. The average Bonchev–Trinajstić information content (AvgIpc) is 2.94. The van der Waals surface area contributed by atoms with Gasteiger partial charge in [-0.25, -0.2) is 0 Å². The lowest BCUT2D eigenvalue weighted by atomic mass is 9.87. The molecule has 0 radical (unpaired) electrons. The topological polar surface area (TPSA) is 60.2 Å². The minimum Gasteiger partial charge on any atom is -0.361 e. The molecule has 0 aliphatic heterocycles. The van der Waals surface area contributed by atoms with E-state index in [0.717, 1.165) is 33.5 Å². The maximum atomic E-state index is 12.9. The average molecular weight is 323 g/mol. The molecule has 0 bridgehead atoms. The number of rotatable bonds is 2. The van der Waals surface area contributed by atoms with Crippen molar-refractivity contribution in [2.75, 3.05) is 0 Å². The lowest BCUT2D eigenvalue weighted by molar-refractivity contribution is -0.123. The Labute approximate surface area is 141 Å². The van der Waals surface area contributed by atoms with Crippen LogP contribution in [0.25, 0.3) is 6.08 Å². The summed E-state index contributed by atoms with van der Waals surface area (Å²) in [6.45, 7) is 9.58. The summed E-state index contributed by atoms with van der Waals surface area (Å²) >= 11 is 0. The second-order valence-corrected chi connectivity index (χ2v) is 6.66. The van der Waals surface area contributed by atoms with Crippen LogP contribution in [0.4, 0.5) is 0 Å². The van der Waals surface area contributed by atoms with Gasteiger partial charge in [0, 0.05) is 17.6 Å². The molecule has 0 spiro atoms. The molecule has 0 N–H and O–H groups in total. The zero-order valence-electron chi connectivity index (χ0n) is 14.7. The first-order valence-electron chi connectivity index (χ1n) is 8.07. The molecule has 1 aromatic carbocycles. The zero-order chi connectivity index (χ0) is 17.6. The highest BCUT2D eigenvalue weighted by Crippen LogP contribution is 2.37. The molecule has 1 atom stereocenters. The van der Waals surface area contributed by atoms with Gasteiger partial charge in [-0.1, -0.05) is 22.9 Å². The molecule has 1 aromatic heterocycles. The van der Waals surface area contributed by atoms with Gasteiger partial charge in [-0.15, -0.1) is 0 Å². The summed E-state index contributed by atoms with van der Waals surface area (Å²) in [6.07, 6.45) is 1.93. The quantitative estimate of drug-likeness (QED) is 0.621. The number of ketones is 2. The Hall–Kier alpha value is -2.49. The molecule has 1 saturated carbocycles. The van der Waals surface area contributed by atoms with Crippen molar-refractivity contribution in [1.82, 2.24) is 5.16 Å². The summed E-state index contributed by atoms with van der Waals surface area (Å²) in [7, 11) is 0. The lowest BCUT2D eigenvalue weighted by Gasteiger charge is -2.15. The Morgan fingerprint density at radius 3 is 2.25 bits per heavy atom. The number of aryl methyl sites for hydroxylation is 5. The normalized spacial score (nSPS) is 19.5. The number of hydrogen-bond acceptors (Lipinski definition) is 4. The highest BCUT2D eigenvalue weighted by atomic mass is 16.5. The Balaban J connectivity index is 2.05. The van der Waals surface area contributed by atoms with Crippen LogP contribution in [0.3, 0.4) is 0 Å². The number of carbonyl (C=O) groups is 2. The molecule has 1 aliphatic rings. The number of aromatic nitrogens is 1. The fourth-order valence-electron chi connectivity index (χ4n) is 3.64. The SMILES string of the molecule is Cc1cc(C)c(C2C(=O)CC(=Cc3c(C)noc3C)C2=O)c(C)c1. The van der Waals surface area contributed by atoms with Gasteiger partial charge in [0.2, 0.25) is 0 Å². The molecule has 24 heavy (non-hydrogen) atoms. The van der Waals surface area contributed by atoms with Crippen LogP contribution in [-0.4, -0.2) is 16.7 Å². The number of benzene rings is 1. The van der Waals surface area contributed by atoms with E-state index in [1.165, 1.54) is 0 Å². The molecule has 1 fully saturated rings. The molecule has 0 amide bonds. The number of carbonyl (C=O) groups excluding carboxylic acids is 2. The van der Waals surface area contributed by atoms with Gasteiger partial charge in [0.05, 0.1) is 5.69 Å². The summed E-state index contributed by atoms with van der Waals surface area (Å²) in [5.41, 5.74) is 6.06. The van der Waals surface area contributed by atoms with Gasteiger partial charge in [0.15, 0.2) is 11.6 Å². The third kappa shape index (κ3) is 2.62. The molecule has 1 heterocycles. The summed E-state index contributed by atoms with van der Waals surface area (Å²) in [4.78, 5) is 25.5. The van der Waals surface area contributed by atoms with Gasteiger partial charge < -0.3 is 4.52 Å². The predicted molar refractivity (Wildman–Crippen MR) is 92.0 cm³/mol. The minimum absolute atomic E-state index is 0.0342. The van der Waals surface area contributed by atoms with E-state index in [-0.39, 0.29) is 18.0 Å². The predicted octanol–water partition coefficient (Wildman–Crippen LogP) is 3.93. The first-order valence-corrected chi connectivity index (χ1v) is 8.07. The molecule has 1 unspecified atom stereocenters. The van der Waals surface area contributed by atoms with Crippen LogP contribution in [0.15, 0.2) is 22.2 Å². The number of nitrogens with zero attached hydrogens (tertiary/aromatic N) is 1. The Morgan fingerprint density at radius 2 is 1.71 bits per heavy atom. The van der Waals surface area contributed by atoms with E-state index in [2.05, 4.69) is 5.16 Å². The largest absolute Gasteiger partial charge is 0.361 e. The molecule has 3 rings (SSSR count). The van der Waals surface area contributed by atoms with Gasteiger partial charge in [-0.3, -0.25) is 9.59 Å². The van der Waals surface area contributed by atoms with E-state index in [0.29, 0.717) is 11.3 Å². The fourth-order valence-corrected chi connectivity index (χ4v) is 3.64. The monoisotopic (exact) mass is 323 g/mol. The first kappa shape index (κ1) is 16.4. The number of allylic oxidation sites excluding steroid dienone is 1. The van der Waals surface area contributed by atoms with Gasteiger partial charge in [0.1, 0.15) is 11.7 Å².